The van der Waals surface area contributed by atoms with E-state index >= 15 is 0 Å². The van der Waals surface area contributed by atoms with Crippen molar-refractivity contribution < 1.29 is 4.42 Å². The molecule has 1 heterocycles. The summed E-state index contributed by atoms with van der Waals surface area (Å²) in [6.07, 6.45) is 0. The second-order valence-electron chi connectivity index (χ2n) is 3.88. The maximum absolute atomic E-state index is 5.67. The molecule has 0 saturated heterocycles. The fraction of sp³-hybridized carbons (Fsp3) is 0.333. The first-order valence-corrected chi connectivity index (χ1v) is 7.22. The Morgan fingerprint density at radius 3 is 2.50 bits per heavy atom. The van der Waals surface area contributed by atoms with Crippen LogP contribution < -0.4 is 5.32 Å². The summed E-state index contributed by atoms with van der Waals surface area (Å²) in [6.45, 7) is 4.90. The van der Waals surface area contributed by atoms with Crippen molar-refractivity contribution >= 4 is 31.9 Å². The topological polar surface area (TPSA) is 51.0 Å². The highest BCUT2D eigenvalue weighted by molar-refractivity contribution is 9.11. The molecule has 0 radical (unpaired) electrons. The second-order valence-corrected chi connectivity index (χ2v) is 5.71. The Bertz CT molecular complexity index is 522. The Labute approximate surface area is 122 Å². The molecule has 4 nitrogen and oxygen atoms in total. The van der Waals surface area contributed by atoms with Gasteiger partial charge in [0.25, 0.3) is 0 Å². The predicted molar refractivity (Wildman–Crippen MR) is 77.2 cm³/mol. The van der Waals surface area contributed by atoms with Crippen LogP contribution in [0.2, 0.25) is 0 Å². The van der Waals surface area contributed by atoms with Crippen molar-refractivity contribution in [1.82, 2.24) is 15.5 Å². The maximum atomic E-state index is 5.67. The Morgan fingerprint density at radius 2 is 1.89 bits per heavy atom. The molecule has 0 fully saturated rings. The van der Waals surface area contributed by atoms with Crippen LogP contribution >= 0.6 is 31.9 Å². The summed E-state index contributed by atoms with van der Waals surface area (Å²) in [4.78, 5) is 0. The van der Waals surface area contributed by atoms with Gasteiger partial charge in [-0.05, 0) is 31.7 Å². The molecule has 1 aromatic carbocycles. The molecule has 0 spiro atoms. The molecule has 1 aromatic heterocycles. The molecular formula is C12H13Br2N3O. The first-order chi connectivity index (χ1) is 8.60. The molecule has 0 saturated carbocycles. The number of hydrogen-bond donors (Lipinski definition) is 1. The monoisotopic (exact) mass is 373 g/mol. The highest BCUT2D eigenvalue weighted by atomic mass is 79.9. The summed E-state index contributed by atoms with van der Waals surface area (Å²) in [5.74, 6) is 1.12. The molecule has 0 aliphatic heterocycles. The Hall–Kier alpha value is -0.720. The van der Waals surface area contributed by atoms with E-state index < -0.39 is 0 Å². The van der Waals surface area contributed by atoms with Gasteiger partial charge in [-0.3, -0.25) is 0 Å². The van der Waals surface area contributed by atoms with Gasteiger partial charge in [0.15, 0.2) is 0 Å². The lowest BCUT2D eigenvalue weighted by molar-refractivity contribution is 0.429. The largest absolute Gasteiger partial charge is 0.419 e. The number of benzene rings is 1. The van der Waals surface area contributed by atoms with E-state index in [2.05, 4.69) is 47.4 Å². The van der Waals surface area contributed by atoms with E-state index in [1.165, 1.54) is 0 Å². The minimum atomic E-state index is 0.0619. The molecular weight excluding hydrogens is 362 g/mol. The van der Waals surface area contributed by atoms with Gasteiger partial charge in [0.2, 0.25) is 11.8 Å². The van der Waals surface area contributed by atoms with E-state index in [4.69, 9.17) is 4.42 Å². The van der Waals surface area contributed by atoms with Crippen molar-refractivity contribution in [3.63, 3.8) is 0 Å². The first kappa shape index (κ1) is 13.7. The highest BCUT2D eigenvalue weighted by Gasteiger charge is 2.14. The smallest absolute Gasteiger partial charge is 0.247 e. The van der Waals surface area contributed by atoms with Gasteiger partial charge >= 0.3 is 0 Å². The van der Waals surface area contributed by atoms with Crippen LogP contribution in [0.15, 0.2) is 31.6 Å². The van der Waals surface area contributed by atoms with Gasteiger partial charge < -0.3 is 9.73 Å². The van der Waals surface area contributed by atoms with E-state index in [-0.39, 0.29) is 6.04 Å². The summed E-state index contributed by atoms with van der Waals surface area (Å²) in [5, 5.41) is 11.4. The van der Waals surface area contributed by atoms with Crippen molar-refractivity contribution in [1.29, 1.82) is 0 Å². The Morgan fingerprint density at radius 1 is 1.22 bits per heavy atom. The maximum Gasteiger partial charge on any atom is 0.247 e. The zero-order chi connectivity index (χ0) is 13.1. The van der Waals surface area contributed by atoms with Crippen molar-refractivity contribution in [3.8, 4) is 11.5 Å². The Kier molecular flexibility index (Phi) is 4.53. The van der Waals surface area contributed by atoms with Crippen LogP contribution in [0.1, 0.15) is 25.8 Å². The van der Waals surface area contributed by atoms with Gasteiger partial charge in [-0.15, -0.1) is 10.2 Å². The normalized spacial score (nSPS) is 12.7. The number of aromatic nitrogens is 2. The number of halogens is 2. The molecule has 1 N–H and O–H groups in total. The van der Waals surface area contributed by atoms with Crippen LogP contribution in [-0.4, -0.2) is 16.7 Å². The minimum Gasteiger partial charge on any atom is -0.419 e. The minimum absolute atomic E-state index is 0.0619. The average Bonchev–Trinajstić information content (AvgIpc) is 2.77. The van der Waals surface area contributed by atoms with Gasteiger partial charge in [-0.1, -0.05) is 38.8 Å². The van der Waals surface area contributed by atoms with E-state index in [0.717, 1.165) is 21.1 Å². The molecule has 2 aromatic rings. The van der Waals surface area contributed by atoms with E-state index in [1.54, 1.807) is 0 Å². The molecule has 18 heavy (non-hydrogen) atoms. The summed E-state index contributed by atoms with van der Waals surface area (Å²) >= 11 is 6.88. The molecule has 1 unspecified atom stereocenters. The lowest BCUT2D eigenvalue weighted by Crippen LogP contribution is -2.17. The third kappa shape index (κ3) is 3.18. The van der Waals surface area contributed by atoms with Crippen molar-refractivity contribution in [2.24, 2.45) is 0 Å². The summed E-state index contributed by atoms with van der Waals surface area (Å²) in [7, 11) is 0. The van der Waals surface area contributed by atoms with Crippen molar-refractivity contribution in [3.05, 3.63) is 33.0 Å². The lowest BCUT2D eigenvalue weighted by atomic mass is 10.2. The quantitative estimate of drug-likeness (QED) is 0.880. The van der Waals surface area contributed by atoms with Gasteiger partial charge in [-0.2, -0.15) is 0 Å². The molecule has 96 valence electrons. The zero-order valence-electron chi connectivity index (χ0n) is 10.1. The molecule has 1 atom stereocenters. The molecule has 0 bridgehead atoms. The van der Waals surface area contributed by atoms with Gasteiger partial charge in [-0.25, -0.2) is 0 Å². The molecule has 6 heteroatoms. The second kappa shape index (κ2) is 5.95. The lowest BCUT2D eigenvalue weighted by Gasteiger charge is -2.05. The first-order valence-electron chi connectivity index (χ1n) is 5.63. The molecule has 0 aliphatic carbocycles. The summed E-state index contributed by atoms with van der Waals surface area (Å²) in [5.41, 5.74) is 0.888. The number of nitrogens with one attached hydrogen (secondary N) is 1. The van der Waals surface area contributed by atoms with E-state index in [9.17, 15) is 0 Å². The predicted octanol–water partition coefficient (Wildman–Crippen LogP) is 3.93. The number of rotatable bonds is 4. The molecule has 0 amide bonds. The van der Waals surface area contributed by atoms with Crippen molar-refractivity contribution in [2.45, 2.75) is 19.9 Å². The number of nitrogens with zero attached hydrogens (tertiary/aromatic N) is 2. The van der Waals surface area contributed by atoms with Crippen LogP contribution in [-0.2, 0) is 0 Å². The zero-order valence-corrected chi connectivity index (χ0v) is 13.2. The van der Waals surface area contributed by atoms with Gasteiger partial charge in [0, 0.05) is 14.5 Å². The van der Waals surface area contributed by atoms with Crippen LogP contribution in [0.4, 0.5) is 0 Å². The fourth-order valence-corrected chi connectivity index (χ4v) is 2.89. The summed E-state index contributed by atoms with van der Waals surface area (Å²) < 4.78 is 7.60. The van der Waals surface area contributed by atoms with E-state index in [0.29, 0.717) is 11.8 Å². The van der Waals surface area contributed by atoms with Crippen molar-refractivity contribution in [2.75, 3.05) is 6.54 Å². The summed E-state index contributed by atoms with van der Waals surface area (Å²) in [6, 6.07) is 5.91. The Balaban J connectivity index is 2.29. The van der Waals surface area contributed by atoms with Crippen LogP contribution in [0.3, 0.4) is 0 Å². The van der Waals surface area contributed by atoms with Gasteiger partial charge in [0.05, 0.1) is 6.04 Å². The third-order valence-electron chi connectivity index (χ3n) is 2.43. The van der Waals surface area contributed by atoms with Crippen LogP contribution in [0.5, 0.6) is 0 Å². The molecule has 2 rings (SSSR count). The van der Waals surface area contributed by atoms with E-state index in [1.807, 2.05) is 32.0 Å². The molecule has 0 aliphatic rings. The van der Waals surface area contributed by atoms with Crippen LogP contribution in [0, 0.1) is 0 Å². The van der Waals surface area contributed by atoms with Crippen LogP contribution in [0.25, 0.3) is 11.5 Å². The van der Waals surface area contributed by atoms with Gasteiger partial charge in [0.1, 0.15) is 0 Å². The fourth-order valence-electron chi connectivity index (χ4n) is 1.60. The SMILES string of the molecule is CCNC(C)c1nnc(-c2cc(Br)cc(Br)c2)o1. The highest BCUT2D eigenvalue weighted by Crippen LogP contribution is 2.27. The standard InChI is InChI=1S/C12H13Br2N3O/c1-3-15-7(2)11-16-17-12(18-11)8-4-9(13)6-10(14)5-8/h4-7,15H,3H2,1-2H3. The average molecular weight is 375 g/mol. The number of hydrogen-bond acceptors (Lipinski definition) is 4. The third-order valence-corrected chi connectivity index (χ3v) is 3.35.